The van der Waals surface area contributed by atoms with Crippen LogP contribution in [0.15, 0.2) is 0 Å². The van der Waals surface area contributed by atoms with Gasteiger partial charge in [-0.25, -0.2) is 0 Å². The second-order valence-corrected chi connectivity index (χ2v) is 0.692. The van der Waals surface area contributed by atoms with Gasteiger partial charge in [0.05, 0.1) is 0 Å². The molecule has 0 amide bonds. The topological polar surface area (TPSA) is 86.0 Å². The molecule has 0 atom stereocenters. The molecule has 0 aliphatic heterocycles. The van der Waals surface area contributed by atoms with Crippen LogP contribution in [0.25, 0.3) is 0 Å². The number of hydrogen-bond acceptors (Lipinski definition) is 1. The van der Waals surface area contributed by atoms with Crippen LogP contribution >= 0.6 is 0 Å². The molecule has 0 saturated heterocycles. The van der Waals surface area contributed by atoms with E-state index in [9.17, 15) is 0 Å². The van der Waals surface area contributed by atoms with Gasteiger partial charge in [0, 0.05) is 0 Å². The van der Waals surface area contributed by atoms with Crippen LogP contribution in [0.2, 0.25) is 0 Å². The summed E-state index contributed by atoms with van der Waals surface area (Å²) in [5.41, 5.74) is 0. The molecular weight excluding hydrogens is 142 g/mol. The first kappa shape index (κ1) is 23.0. The maximum atomic E-state index is 8.67. The molecule has 0 aromatic rings. The van der Waals surface area contributed by atoms with Gasteiger partial charge in [-0.3, -0.25) is 9.11 Å². The van der Waals surface area contributed by atoms with Crippen molar-refractivity contribution >= 4 is 11.4 Å². The summed E-state index contributed by atoms with van der Waals surface area (Å²) < 4.78 is 22.8. The normalized spacial score (nSPS) is 5.00. The van der Waals surface area contributed by atoms with Gasteiger partial charge in [0.2, 0.25) is 0 Å². The Balaban J connectivity index is -0.0000000150. The quantitative estimate of drug-likeness (QED) is 0.262. The van der Waals surface area contributed by atoms with E-state index in [1.807, 2.05) is 0 Å². The standard InChI is InChI=1S/2Na.H2O3S.O/c;;1-4(2)3;/h;;(H2,1,2,3);/q2*+1;;-2. The SMILES string of the molecule is O=S(O)O.[Na+].[Na+].[O-2]. The number of rotatable bonds is 0. The summed E-state index contributed by atoms with van der Waals surface area (Å²) in [5, 5.41) is 0. The van der Waals surface area contributed by atoms with E-state index in [4.69, 9.17) is 13.3 Å². The molecule has 0 aliphatic rings. The average molecular weight is 144 g/mol. The molecule has 7 heteroatoms. The van der Waals surface area contributed by atoms with Gasteiger partial charge >= 0.3 is 59.1 Å². The third-order valence-electron chi connectivity index (χ3n) is 0. The summed E-state index contributed by atoms with van der Waals surface area (Å²) in [6, 6.07) is 0. The zero-order valence-electron chi connectivity index (χ0n) is 4.12. The molecule has 4 nitrogen and oxygen atoms in total. The van der Waals surface area contributed by atoms with Crippen molar-refractivity contribution in [1.82, 2.24) is 0 Å². The Morgan fingerprint density at radius 3 is 1.14 bits per heavy atom. The molecule has 2 N–H and O–H groups in total. The Morgan fingerprint density at radius 1 is 1.14 bits per heavy atom. The molecule has 0 aromatic carbocycles. The third-order valence-corrected chi connectivity index (χ3v) is 0. The fraction of sp³-hybridized carbons (Fsp3) is 0. The second kappa shape index (κ2) is 15.7. The molecule has 0 aromatic heterocycles. The van der Waals surface area contributed by atoms with Crippen molar-refractivity contribution in [1.29, 1.82) is 0 Å². The predicted molar refractivity (Wildman–Crippen MR) is 14.1 cm³/mol. The average Bonchev–Trinajstić information content (AvgIpc) is 0.811. The van der Waals surface area contributed by atoms with E-state index in [0.717, 1.165) is 0 Å². The van der Waals surface area contributed by atoms with Crippen LogP contribution in [0.1, 0.15) is 0 Å². The summed E-state index contributed by atoms with van der Waals surface area (Å²) in [6.07, 6.45) is 0. The van der Waals surface area contributed by atoms with E-state index in [-0.39, 0.29) is 64.6 Å². The van der Waals surface area contributed by atoms with Crippen molar-refractivity contribution in [3.8, 4) is 0 Å². The Morgan fingerprint density at radius 2 is 1.14 bits per heavy atom. The minimum absolute atomic E-state index is 0. The van der Waals surface area contributed by atoms with Crippen molar-refractivity contribution in [2.75, 3.05) is 0 Å². The molecule has 0 bridgehead atoms. The number of hydrogen-bond donors (Lipinski definition) is 2. The van der Waals surface area contributed by atoms with Crippen LogP contribution in [0.4, 0.5) is 0 Å². The van der Waals surface area contributed by atoms with Gasteiger partial charge in [0.15, 0.2) is 0 Å². The summed E-state index contributed by atoms with van der Waals surface area (Å²) in [6.45, 7) is 0. The van der Waals surface area contributed by atoms with Gasteiger partial charge < -0.3 is 5.48 Å². The van der Waals surface area contributed by atoms with Crippen LogP contribution in [0, 0.1) is 0 Å². The van der Waals surface area contributed by atoms with Crippen molar-refractivity contribution in [3.63, 3.8) is 0 Å². The van der Waals surface area contributed by atoms with Crippen LogP contribution in [0.5, 0.6) is 0 Å². The smallest absolute Gasteiger partial charge is 1.00 e. The zero-order chi connectivity index (χ0) is 3.58. The molecule has 0 radical (unpaired) electrons. The fourth-order valence-electron chi connectivity index (χ4n) is 0. The minimum atomic E-state index is -2.61. The predicted octanol–water partition coefficient (Wildman–Crippen LogP) is -6.43. The third kappa shape index (κ3) is 70.9. The van der Waals surface area contributed by atoms with E-state index in [2.05, 4.69) is 0 Å². The minimum Gasteiger partial charge on any atom is -2.00 e. The summed E-state index contributed by atoms with van der Waals surface area (Å²) in [4.78, 5) is 0. The van der Waals surface area contributed by atoms with Crippen molar-refractivity contribution in [3.05, 3.63) is 0 Å². The van der Waals surface area contributed by atoms with Gasteiger partial charge in [0.1, 0.15) is 0 Å². The first-order chi connectivity index (χ1) is 1.73. The Bertz CT molecular complexity index is 32.7. The molecule has 0 aliphatic carbocycles. The molecule has 0 saturated carbocycles. The molecule has 34 valence electrons. The van der Waals surface area contributed by atoms with Crippen molar-refractivity contribution in [2.24, 2.45) is 0 Å². The maximum absolute atomic E-state index is 8.67. The Hall–Kier alpha value is 2.03. The van der Waals surface area contributed by atoms with Crippen LogP contribution in [-0.4, -0.2) is 13.3 Å². The van der Waals surface area contributed by atoms with E-state index < -0.39 is 11.4 Å². The van der Waals surface area contributed by atoms with E-state index >= 15 is 0 Å². The molecular formula is H2Na2O4S. The van der Waals surface area contributed by atoms with E-state index in [0.29, 0.717) is 0 Å². The molecule has 0 rings (SSSR count). The van der Waals surface area contributed by atoms with Gasteiger partial charge in [0.25, 0.3) is 11.4 Å². The largest absolute Gasteiger partial charge is 2.00 e. The van der Waals surface area contributed by atoms with Crippen LogP contribution in [0.3, 0.4) is 0 Å². The molecule has 0 spiro atoms. The summed E-state index contributed by atoms with van der Waals surface area (Å²) in [7, 11) is 0. The first-order valence-electron chi connectivity index (χ1n) is 0.532. The van der Waals surface area contributed by atoms with Gasteiger partial charge in [-0.1, -0.05) is 0 Å². The van der Waals surface area contributed by atoms with Crippen molar-refractivity contribution in [2.45, 2.75) is 0 Å². The monoisotopic (exact) mass is 144 g/mol. The van der Waals surface area contributed by atoms with E-state index in [1.165, 1.54) is 0 Å². The van der Waals surface area contributed by atoms with Crippen LogP contribution in [-0.2, 0) is 16.8 Å². The Kier molecular flexibility index (Phi) is 51.6. The Labute approximate surface area is 88.1 Å². The van der Waals surface area contributed by atoms with Crippen molar-refractivity contribution < 1.29 is 77.9 Å². The zero-order valence-corrected chi connectivity index (χ0v) is 8.94. The van der Waals surface area contributed by atoms with Gasteiger partial charge in [-0.15, -0.1) is 0 Å². The maximum Gasteiger partial charge on any atom is 1.00 e. The van der Waals surface area contributed by atoms with Crippen LogP contribution < -0.4 is 59.1 Å². The van der Waals surface area contributed by atoms with Gasteiger partial charge in [-0.05, 0) is 0 Å². The molecule has 0 fully saturated rings. The molecule has 0 unspecified atom stereocenters. The summed E-state index contributed by atoms with van der Waals surface area (Å²) in [5.74, 6) is 0. The fourth-order valence-corrected chi connectivity index (χ4v) is 0. The van der Waals surface area contributed by atoms with E-state index in [1.54, 1.807) is 0 Å². The second-order valence-electron chi connectivity index (χ2n) is 0.231. The first-order valence-corrected chi connectivity index (χ1v) is 1.60. The van der Waals surface area contributed by atoms with Gasteiger partial charge in [-0.2, -0.15) is 4.21 Å². The summed E-state index contributed by atoms with van der Waals surface area (Å²) >= 11 is -2.61. The molecule has 7 heavy (non-hydrogen) atoms. The molecule has 0 heterocycles.